The smallest absolute Gasteiger partial charge is 0.242 e. The van der Waals surface area contributed by atoms with Crippen molar-refractivity contribution in [2.24, 2.45) is 5.92 Å². The molecular formula is C9H13N3O2S. The Balaban J connectivity index is 2.09. The van der Waals surface area contributed by atoms with Crippen molar-refractivity contribution >= 4 is 15.8 Å². The summed E-state index contributed by atoms with van der Waals surface area (Å²) in [5, 5.41) is 0. The minimum atomic E-state index is -3.40. The highest BCUT2D eigenvalue weighted by Crippen LogP contribution is 2.28. The normalized spacial score (nSPS) is 16.5. The molecule has 0 saturated heterocycles. The number of pyridine rings is 1. The van der Waals surface area contributed by atoms with E-state index in [4.69, 9.17) is 5.73 Å². The fourth-order valence-corrected chi connectivity index (χ4v) is 2.24. The van der Waals surface area contributed by atoms with Gasteiger partial charge in [0.05, 0.1) is 0 Å². The minimum absolute atomic E-state index is 0.164. The lowest BCUT2D eigenvalue weighted by molar-refractivity contribution is 0.577. The molecule has 0 bridgehead atoms. The zero-order valence-corrected chi connectivity index (χ0v) is 9.00. The molecule has 0 amide bonds. The predicted molar refractivity (Wildman–Crippen MR) is 56.6 cm³/mol. The van der Waals surface area contributed by atoms with E-state index in [1.54, 1.807) is 0 Å². The Morgan fingerprint density at radius 3 is 2.73 bits per heavy atom. The van der Waals surface area contributed by atoms with Crippen molar-refractivity contribution in [2.45, 2.75) is 17.7 Å². The number of rotatable bonds is 4. The number of nitrogens with two attached hydrogens (primary N) is 1. The van der Waals surface area contributed by atoms with Gasteiger partial charge in [0, 0.05) is 12.7 Å². The van der Waals surface area contributed by atoms with Gasteiger partial charge in [-0.25, -0.2) is 18.1 Å². The zero-order chi connectivity index (χ0) is 10.9. The van der Waals surface area contributed by atoms with E-state index >= 15 is 0 Å². The molecule has 0 aromatic carbocycles. The lowest BCUT2D eigenvalue weighted by Gasteiger charge is -2.05. The molecule has 1 aromatic rings. The first-order chi connectivity index (χ1) is 7.08. The maximum atomic E-state index is 11.7. The molecule has 1 aromatic heterocycles. The van der Waals surface area contributed by atoms with E-state index in [1.165, 1.54) is 18.3 Å². The summed E-state index contributed by atoms with van der Waals surface area (Å²) < 4.78 is 25.9. The van der Waals surface area contributed by atoms with Crippen LogP contribution in [0.4, 0.5) is 5.82 Å². The minimum Gasteiger partial charge on any atom is -0.384 e. The van der Waals surface area contributed by atoms with E-state index < -0.39 is 10.0 Å². The number of sulfonamides is 1. The van der Waals surface area contributed by atoms with Gasteiger partial charge in [-0.2, -0.15) is 0 Å². The lowest BCUT2D eigenvalue weighted by Crippen LogP contribution is -2.25. The van der Waals surface area contributed by atoms with Crippen LogP contribution in [0, 0.1) is 5.92 Å². The molecule has 3 N–H and O–H groups in total. The molecule has 0 aliphatic heterocycles. The molecule has 82 valence electrons. The summed E-state index contributed by atoms with van der Waals surface area (Å²) in [5.41, 5.74) is 5.38. The molecule has 0 atom stereocenters. The molecule has 0 spiro atoms. The molecule has 0 unspecified atom stereocenters. The van der Waals surface area contributed by atoms with Crippen LogP contribution >= 0.6 is 0 Å². The molecule has 0 radical (unpaired) electrons. The van der Waals surface area contributed by atoms with Crippen molar-refractivity contribution in [3.63, 3.8) is 0 Å². The Hall–Kier alpha value is -1.14. The Kier molecular flexibility index (Phi) is 2.62. The molecule has 2 rings (SSSR count). The number of hydrogen-bond donors (Lipinski definition) is 2. The molecule has 1 aliphatic rings. The van der Waals surface area contributed by atoms with Crippen molar-refractivity contribution in [3.8, 4) is 0 Å². The molecule has 6 heteroatoms. The van der Waals surface area contributed by atoms with E-state index in [-0.39, 0.29) is 4.90 Å². The topological polar surface area (TPSA) is 85.1 Å². The molecule has 1 saturated carbocycles. The zero-order valence-electron chi connectivity index (χ0n) is 8.18. The number of hydrogen-bond acceptors (Lipinski definition) is 4. The van der Waals surface area contributed by atoms with Crippen LogP contribution in [0.3, 0.4) is 0 Å². The summed E-state index contributed by atoms with van der Waals surface area (Å²) in [4.78, 5) is 3.91. The molecule has 1 heterocycles. The highest BCUT2D eigenvalue weighted by Gasteiger charge is 2.24. The van der Waals surface area contributed by atoms with Gasteiger partial charge < -0.3 is 5.73 Å². The van der Waals surface area contributed by atoms with Crippen LogP contribution in [-0.2, 0) is 10.0 Å². The molecule has 15 heavy (non-hydrogen) atoms. The average molecular weight is 227 g/mol. The number of nitrogens with one attached hydrogen (secondary N) is 1. The van der Waals surface area contributed by atoms with Gasteiger partial charge in [0.25, 0.3) is 0 Å². The summed E-state index contributed by atoms with van der Waals surface area (Å²) in [6, 6.07) is 2.93. The standard InChI is InChI=1S/C9H13N3O2S/c10-9-4-3-8(6-11-9)15(13,14)12-5-7-1-2-7/h3-4,6-7,12H,1-2,5H2,(H2,10,11). The number of nitrogens with zero attached hydrogens (tertiary/aromatic N) is 1. The van der Waals surface area contributed by atoms with E-state index in [0.717, 1.165) is 12.8 Å². The van der Waals surface area contributed by atoms with Gasteiger partial charge in [0.15, 0.2) is 0 Å². The maximum absolute atomic E-state index is 11.7. The van der Waals surface area contributed by atoms with Crippen LogP contribution in [0.15, 0.2) is 23.2 Å². The molecule has 5 nitrogen and oxygen atoms in total. The van der Waals surface area contributed by atoms with Gasteiger partial charge in [-0.05, 0) is 30.9 Å². The van der Waals surface area contributed by atoms with Crippen molar-refractivity contribution < 1.29 is 8.42 Å². The van der Waals surface area contributed by atoms with Crippen molar-refractivity contribution in [1.82, 2.24) is 9.71 Å². The lowest BCUT2D eigenvalue weighted by atomic mass is 10.4. The SMILES string of the molecule is Nc1ccc(S(=O)(=O)NCC2CC2)cn1. The van der Waals surface area contributed by atoms with Gasteiger partial charge in [0.1, 0.15) is 10.7 Å². The maximum Gasteiger partial charge on any atom is 0.242 e. The van der Waals surface area contributed by atoms with E-state index in [2.05, 4.69) is 9.71 Å². The second kappa shape index (κ2) is 3.79. The van der Waals surface area contributed by atoms with Crippen molar-refractivity contribution in [2.75, 3.05) is 12.3 Å². The third kappa shape index (κ3) is 2.66. The highest BCUT2D eigenvalue weighted by atomic mass is 32.2. The largest absolute Gasteiger partial charge is 0.384 e. The number of anilines is 1. The Labute approximate surface area is 88.8 Å². The van der Waals surface area contributed by atoms with Gasteiger partial charge in [0.2, 0.25) is 10.0 Å². The van der Waals surface area contributed by atoms with Crippen LogP contribution in [0.5, 0.6) is 0 Å². The van der Waals surface area contributed by atoms with E-state index in [9.17, 15) is 8.42 Å². The van der Waals surface area contributed by atoms with E-state index in [0.29, 0.717) is 18.3 Å². The van der Waals surface area contributed by atoms with Gasteiger partial charge in [-0.3, -0.25) is 0 Å². The van der Waals surface area contributed by atoms with Crippen molar-refractivity contribution in [1.29, 1.82) is 0 Å². The van der Waals surface area contributed by atoms with Crippen LogP contribution in [0.25, 0.3) is 0 Å². The quantitative estimate of drug-likeness (QED) is 0.777. The third-order valence-electron chi connectivity index (χ3n) is 2.33. The third-order valence-corrected chi connectivity index (χ3v) is 3.74. The number of aromatic nitrogens is 1. The Morgan fingerprint density at radius 1 is 1.47 bits per heavy atom. The average Bonchev–Trinajstić information content (AvgIpc) is 2.99. The monoisotopic (exact) mass is 227 g/mol. The summed E-state index contributed by atoms with van der Waals surface area (Å²) in [6.45, 7) is 0.521. The summed E-state index contributed by atoms with van der Waals surface area (Å²) in [6.07, 6.45) is 3.50. The molecular weight excluding hydrogens is 214 g/mol. The molecule has 1 fully saturated rings. The van der Waals surface area contributed by atoms with Gasteiger partial charge in [-0.1, -0.05) is 0 Å². The summed E-state index contributed by atoms with van der Waals surface area (Å²) in [7, 11) is -3.40. The second-order valence-corrected chi connectivity index (χ2v) is 5.48. The van der Waals surface area contributed by atoms with Crippen LogP contribution in [-0.4, -0.2) is 19.9 Å². The fraction of sp³-hybridized carbons (Fsp3) is 0.444. The van der Waals surface area contributed by atoms with Crippen LogP contribution in [0.2, 0.25) is 0 Å². The van der Waals surface area contributed by atoms with Crippen molar-refractivity contribution in [3.05, 3.63) is 18.3 Å². The second-order valence-electron chi connectivity index (χ2n) is 3.71. The fourth-order valence-electron chi connectivity index (χ4n) is 1.18. The Morgan fingerprint density at radius 2 is 2.20 bits per heavy atom. The number of nitrogen functional groups attached to an aromatic ring is 1. The highest BCUT2D eigenvalue weighted by molar-refractivity contribution is 7.89. The first kappa shape index (κ1) is 10.4. The van der Waals surface area contributed by atoms with Gasteiger partial charge in [-0.15, -0.1) is 0 Å². The van der Waals surface area contributed by atoms with Crippen LogP contribution < -0.4 is 10.5 Å². The van der Waals surface area contributed by atoms with Crippen LogP contribution in [0.1, 0.15) is 12.8 Å². The Bertz CT molecular complexity index is 437. The summed E-state index contributed by atoms with van der Waals surface area (Å²) in [5.74, 6) is 0.831. The summed E-state index contributed by atoms with van der Waals surface area (Å²) >= 11 is 0. The van der Waals surface area contributed by atoms with E-state index in [1.807, 2.05) is 0 Å². The first-order valence-electron chi connectivity index (χ1n) is 4.79. The van der Waals surface area contributed by atoms with Gasteiger partial charge >= 0.3 is 0 Å². The first-order valence-corrected chi connectivity index (χ1v) is 6.27. The molecule has 1 aliphatic carbocycles. The predicted octanol–water partition coefficient (Wildman–Crippen LogP) is 0.352.